The van der Waals surface area contributed by atoms with Crippen LogP contribution >= 0.6 is 0 Å². The van der Waals surface area contributed by atoms with E-state index in [4.69, 9.17) is 14.2 Å². The molecule has 4 rings (SSSR count). The molecule has 1 aromatic rings. The summed E-state index contributed by atoms with van der Waals surface area (Å²) in [6.45, 7) is 11.7. The average molecular weight is 441 g/mol. The lowest BCUT2D eigenvalue weighted by molar-refractivity contribution is -0.181. The average Bonchev–Trinajstić information content (AvgIpc) is 3.02. The molecule has 1 fully saturated rings. The lowest BCUT2D eigenvalue weighted by atomic mass is 9.50. The predicted octanol–water partition coefficient (Wildman–Crippen LogP) is 4.07. The van der Waals surface area contributed by atoms with Crippen molar-refractivity contribution in [2.75, 3.05) is 7.11 Å². The fourth-order valence-electron chi connectivity index (χ4n) is 6.52. The molecule has 0 N–H and O–H groups in total. The molecule has 1 aliphatic carbocycles. The third-order valence-electron chi connectivity index (χ3n) is 8.20. The molecule has 6 heteroatoms. The van der Waals surface area contributed by atoms with Crippen LogP contribution in [-0.2, 0) is 20.7 Å². The minimum Gasteiger partial charge on any atom is -0.485 e. The highest BCUT2D eigenvalue weighted by Crippen LogP contribution is 2.61. The first-order valence-electron chi connectivity index (χ1n) is 11.2. The van der Waals surface area contributed by atoms with Gasteiger partial charge in [0.05, 0.1) is 7.11 Å². The second-order valence-corrected chi connectivity index (χ2v) is 10.3. The molecule has 32 heavy (non-hydrogen) atoms. The fourth-order valence-corrected chi connectivity index (χ4v) is 6.52. The maximum absolute atomic E-state index is 13.2. The monoisotopic (exact) mass is 440 g/mol. The van der Waals surface area contributed by atoms with E-state index < -0.39 is 22.6 Å². The molecule has 0 aromatic heterocycles. The van der Waals surface area contributed by atoms with Crippen LogP contribution in [0.15, 0.2) is 23.0 Å². The molecule has 0 unspecified atom stereocenters. The van der Waals surface area contributed by atoms with Gasteiger partial charge in [0.15, 0.2) is 5.43 Å². The Hall–Kier alpha value is -2.63. The van der Waals surface area contributed by atoms with Gasteiger partial charge in [-0.05, 0) is 57.6 Å². The molecular weight excluding hydrogens is 408 g/mol. The SMILES string of the molecule is COC(=O)c1c(C)cc2c(c(C)c1=O)O[C@]1(C2)[C@@H](C)CC[C@@H]2C(C)(C)OC(=O)C=C[C@@]21C. The Morgan fingerprint density at radius 1 is 1.12 bits per heavy atom. The Balaban J connectivity index is 1.93. The number of carbonyl (C=O) groups excluding carboxylic acids is 2. The number of hydrogen-bond acceptors (Lipinski definition) is 6. The van der Waals surface area contributed by atoms with Crippen LogP contribution in [-0.4, -0.2) is 30.3 Å². The van der Waals surface area contributed by atoms with Gasteiger partial charge in [0.25, 0.3) is 0 Å². The van der Waals surface area contributed by atoms with Gasteiger partial charge in [-0.2, -0.15) is 0 Å². The first kappa shape index (κ1) is 22.6. The van der Waals surface area contributed by atoms with Crippen LogP contribution in [0, 0.1) is 31.1 Å². The van der Waals surface area contributed by atoms with Crippen molar-refractivity contribution in [3.63, 3.8) is 0 Å². The zero-order valence-electron chi connectivity index (χ0n) is 20.0. The summed E-state index contributed by atoms with van der Waals surface area (Å²) in [5.41, 5.74) is -0.211. The summed E-state index contributed by atoms with van der Waals surface area (Å²) >= 11 is 0. The van der Waals surface area contributed by atoms with Gasteiger partial charge in [-0.3, -0.25) is 4.79 Å². The standard InChI is InChI=1S/C26H32O6/c1-14-12-17-13-26(32-22(17)16(3)21(28)20(14)23(29)30-7)15(2)8-9-18-24(4,5)31-19(27)10-11-25(18,26)6/h10-12,15,18H,8-9,13H2,1-7H3/t15-,18+,25-,26+/m0/s1. The zero-order chi connectivity index (χ0) is 23.6. The Morgan fingerprint density at radius 2 is 1.81 bits per heavy atom. The van der Waals surface area contributed by atoms with Gasteiger partial charge in [0.2, 0.25) is 0 Å². The van der Waals surface area contributed by atoms with Gasteiger partial charge in [0.1, 0.15) is 22.5 Å². The minimum atomic E-state index is -0.655. The van der Waals surface area contributed by atoms with Gasteiger partial charge in [0, 0.05) is 29.4 Å². The lowest BCUT2D eigenvalue weighted by Gasteiger charge is -2.57. The van der Waals surface area contributed by atoms with E-state index in [2.05, 4.69) is 13.8 Å². The molecule has 1 aromatic carbocycles. The first-order chi connectivity index (χ1) is 14.9. The third kappa shape index (κ3) is 2.95. The smallest absolute Gasteiger partial charge is 0.342 e. The molecule has 6 nitrogen and oxygen atoms in total. The van der Waals surface area contributed by atoms with E-state index >= 15 is 0 Å². The number of esters is 2. The van der Waals surface area contributed by atoms with Crippen LogP contribution in [0.25, 0.3) is 0 Å². The molecule has 0 bridgehead atoms. The van der Waals surface area contributed by atoms with Gasteiger partial charge in [-0.15, -0.1) is 0 Å². The highest BCUT2D eigenvalue weighted by Gasteiger charge is 2.65. The fraction of sp³-hybridized carbons (Fsp3) is 0.577. The van der Waals surface area contributed by atoms with Crippen molar-refractivity contribution < 1.29 is 23.8 Å². The van der Waals surface area contributed by atoms with E-state index in [0.717, 1.165) is 18.4 Å². The lowest BCUT2D eigenvalue weighted by Crippen LogP contribution is -2.63. The van der Waals surface area contributed by atoms with Crippen LogP contribution in [0.4, 0.5) is 0 Å². The van der Waals surface area contributed by atoms with Crippen LogP contribution in [0.2, 0.25) is 0 Å². The topological polar surface area (TPSA) is 78.9 Å². The number of cyclic esters (lactones) is 1. The minimum absolute atomic E-state index is 0.0484. The summed E-state index contributed by atoms with van der Waals surface area (Å²) in [7, 11) is 1.27. The van der Waals surface area contributed by atoms with Crippen LogP contribution in [0.3, 0.4) is 0 Å². The first-order valence-corrected chi connectivity index (χ1v) is 11.2. The number of methoxy groups -OCH3 is 1. The van der Waals surface area contributed by atoms with Crippen molar-refractivity contribution >= 4 is 11.9 Å². The quantitative estimate of drug-likeness (QED) is 0.613. The van der Waals surface area contributed by atoms with Crippen molar-refractivity contribution in [1.29, 1.82) is 0 Å². The molecule has 0 amide bonds. The largest absolute Gasteiger partial charge is 0.485 e. The van der Waals surface area contributed by atoms with Crippen molar-refractivity contribution in [2.24, 2.45) is 17.3 Å². The van der Waals surface area contributed by atoms with Gasteiger partial charge >= 0.3 is 11.9 Å². The van der Waals surface area contributed by atoms with E-state index in [1.54, 1.807) is 13.8 Å². The van der Waals surface area contributed by atoms with E-state index in [1.165, 1.54) is 13.2 Å². The third-order valence-corrected chi connectivity index (χ3v) is 8.20. The molecule has 0 radical (unpaired) electrons. The molecule has 4 atom stereocenters. The van der Waals surface area contributed by atoms with Crippen LogP contribution in [0.5, 0.6) is 5.75 Å². The summed E-state index contributed by atoms with van der Waals surface area (Å²) in [6, 6.07) is 1.89. The summed E-state index contributed by atoms with van der Waals surface area (Å²) in [6.07, 6.45) is 5.91. The Kier molecular flexibility index (Phi) is 5.07. The number of aryl methyl sites for hydroxylation is 1. The Morgan fingerprint density at radius 3 is 2.47 bits per heavy atom. The number of rotatable bonds is 1. The van der Waals surface area contributed by atoms with Crippen molar-refractivity contribution in [3.05, 3.63) is 50.7 Å². The van der Waals surface area contributed by atoms with Crippen molar-refractivity contribution in [1.82, 2.24) is 0 Å². The molecule has 2 aliphatic heterocycles. The summed E-state index contributed by atoms with van der Waals surface area (Å²) in [5.74, 6) is -0.196. The molecule has 3 aliphatic rings. The molecule has 1 saturated carbocycles. The number of ether oxygens (including phenoxy) is 3. The number of fused-ring (bicyclic) bond motifs is 3. The maximum Gasteiger partial charge on any atom is 0.342 e. The van der Waals surface area contributed by atoms with E-state index in [9.17, 15) is 14.4 Å². The van der Waals surface area contributed by atoms with E-state index in [1.807, 2.05) is 26.0 Å². The Bertz CT molecular complexity index is 1100. The second kappa shape index (κ2) is 7.19. The normalized spacial score (nSPS) is 32.4. The number of hydrogen-bond donors (Lipinski definition) is 0. The molecule has 1 spiro atoms. The summed E-state index contributed by atoms with van der Waals surface area (Å²) in [5, 5.41) is 0. The second-order valence-electron chi connectivity index (χ2n) is 10.3. The van der Waals surface area contributed by atoms with Crippen molar-refractivity contribution in [3.8, 4) is 5.75 Å². The van der Waals surface area contributed by atoms with Gasteiger partial charge in [-0.1, -0.05) is 26.0 Å². The summed E-state index contributed by atoms with van der Waals surface area (Å²) < 4.78 is 17.5. The predicted molar refractivity (Wildman–Crippen MR) is 120 cm³/mol. The zero-order valence-corrected chi connectivity index (χ0v) is 20.0. The maximum atomic E-state index is 13.2. The number of carbonyl (C=O) groups is 2. The molecule has 0 saturated heterocycles. The Labute approximate surface area is 188 Å². The van der Waals surface area contributed by atoms with E-state index in [0.29, 0.717) is 23.3 Å². The van der Waals surface area contributed by atoms with Crippen molar-refractivity contribution in [2.45, 2.75) is 72.0 Å². The van der Waals surface area contributed by atoms with Crippen LogP contribution < -0.4 is 10.2 Å². The molecular formula is C26H32O6. The van der Waals surface area contributed by atoms with E-state index in [-0.39, 0.29) is 28.8 Å². The highest BCUT2D eigenvalue weighted by molar-refractivity contribution is 5.91. The van der Waals surface area contributed by atoms with Gasteiger partial charge in [-0.25, -0.2) is 9.59 Å². The van der Waals surface area contributed by atoms with Gasteiger partial charge < -0.3 is 14.2 Å². The highest BCUT2D eigenvalue weighted by atomic mass is 16.6. The molecule has 2 heterocycles. The van der Waals surface area contributed by atoms with Crippen LogP contribution in [0.1, 0.15) is 67.6 Å². The summed E-state index contributed by atoms with van der Waals surface area (Å²) in [4.78, 5) is 37.9. The molecule has 172 valence electrons.